The van der Waals surface area contributed by atoms with Gasteiger partial charge in [0.05, 0.1) is 21.2 Å². The highest BCUT2D eigenvalue weighted by Crippen LogP contribution is 2.35. The van der Waals surface area contributed by atoms with Crippen molar-refractivity contribution in [3.63, 3.8) is 0 Å². The van der Waals surface area contributed by atoms with E-state index in [0.29, 0.717) is 11.0 Å². The second-order valence-corrected chi connectivity index (χ2v) is 11.1. The number of amides is 1. The molecule has 0 bridgehead atoms. The highest BCUT2D eigenvalue weighted by Gasteiger charge is 2.27. The summed E-state index contributed by atoms with van der Waals surface area (Å²) < 4.78 is 24.5. The smallest absolute Gasteiger partial charge is 0.233 e. The molecule has 0 radical (unpaired) electrons. The van der Waals surface area contributed by atoms with Crippen LogP contribution in [0.1, 0.15) is 43.6 Å². The largest absolute Gasteiger partial charge is 0.301 e. The summed E-state index contributed by atoms with van der Waals surface area (Å²) in [6, 6.07) is 6.72. The SMILES string of the molecule is CSc1cnc(NC(=O)C(CC2CCCC2)c2ccc(S(C)(=O)=O)cc2)s1. The van der Waals surface area contributed by atoms with Gasteiger partial charge in [-0.15, -0.1) is 11.8 Å². The van der Waals surface area contributed by atoms with E-state index in [1.54, 1.807) is 42.2 Å². The van der Waals surface area contributed by atoms with E-state index < -0.39 is 9.84 Å². The van der Waals surface area contributed by atoms with Crippen molar-refractivity contribution >= 4 is 44.0 Å². The molecule has 1 amide bonds. The molecule has 146 valence electrons. The van der Waals surface area contributed by atoms with E-state index in [2.05, 4.69) is 10.3 Å². The summed E-state index contributed by atoms with van der Waals surface area (Å²) in [5.41, 5.74) is 0.855. The fourth-order valence-corrected chi connectivity index (χ4v) is 5.44. The molecule has 1 saturated carbocycles. The Labute approximate surface area is 168 Å². The Morgan fingerprint density at radius 1 is 1.30 bits per heavy atom. The number of thioether (sulfide) groups is 1. The predicted octanol–water partition coefficient (Wildman–Crippen LogP) is 4.57. The molecule has 1 N–H and O–H groups in total. The van der Waals surface area contributed by atoms with Crippen LogP contribution in [-0.2, 0) is 14.6 Å². The molecule has 1 heterocycles. The topological polar surface area (TPSA) is 76.1 Å². The zero-order chi connectivity index (χ0) is 19.4. The van der Waals surface area contributed by atoms with Gasteiger partial charge >= 0.3 is 0 Å². The lowest BCUT2D eigenvalue weighted by Gasteiger charge is -2.20. The molecule has 8 heteroatoms. The van der Waals surface area contributed by atoms with Gasteiger partial charge in [0.1, 0.15) is 0 Å². The van der Waals surface area contributed by atoms with Crippen molar-refractivity contribution in [1.82, 2.24) is 4.98 Å². The molecule has 3 rings (SSSR count). The summed E-state index contributed by atoms with van der Waals surface area (Å²) in [6.45, 7) is 0. The van der Waals surface area contributed by atoms with Gasteiger partial charge in [-0.05, 0) is 36.3 Å². The molecule has 1 aliphatic carbocycles. The molecule has 1 aromatic carbocycles. The molecule has 5 nitrogen and oxygen atoms in total. The van der Waals surface area contributed by atoms with Crippen molar-refractivity contribution < 1.29 is 13.2 Å². The molecule has 1 unspecified atom stereocenters. The zero-order valence-corrected chi connectivity index (χ0v) is 17.9. The third-order valence-electron chi connectivity index (χ3n) is 4.99. The summed E-state index contributed by atoms with van der Waals surface area (Å²) in [5.74, 6) is 0.160. The van der Waals surface area contributed by atoms with Crippen LogP contribution < -0.4 is 5.32 Å². The van der Waals surface area contributed by atoms with E-state index in [-0.39, 0.29) is 16.7 Å². The number of sulfone groups is 1. The molecule has 27 heavy (non-hydrogen) atoms. The fraction of sp³-hybridized carbons (Fsp3) is 0.474. The minimum absolute atomic E-state index is 0.0731. The summed E-state index contributed by atoms with van der Waals surface area (Å²) >= 11 is 3.06. The lowest BCUT2D eigenvalue weighted by atomic mass is 9.87. The minimum atomic E-state index is -3.25. The van der Waals surface area contributed by atoms with E-state index in [4.69, 9.17) is 0 Å². The van der Waals surface area contributed by atoms with Crippen LogP contribution in [0.2, 0.25) is 0 Å². The van der Waals surface area contributed by atoms with Crippen molar-refractivity contribution in [1.29, 1.82) is 0 Å². The molecule has 0 aliphatic heterocycles. The monoisotopic (exact) mass is 424 g/mol. The number of carbonyl (C=O) groups excluding carboxylic acids is 1. The van der Waals surface area contributed by atoms with Gasteiger partial charge in [0.25, 0.3) is 0 Å². The quantitative estimate of drug-likeness (QED) is 0.659. The molecule has 1 atom stereocenters. The Kier molecular flexibility index (Phi) is 6.60. The number of thiazole rings is 1. The number of carbonyl (C=O) groups is 1. The highest BCUT2D eigenvalue weighted by atomic mass is 32.2. The zero-order valence-electron chi connectivity index (χ0n) is 15.5. The number of nitrogens with zero attached hydrogens (tertiary/aromatic N) is 1. The first-order valence-corrected chi connectivity index (χ1v) is 12.9. The van der Waals surface area contributed by atoms with Crippen LogP contribution in [0.5, 0.6) is 0 Å². The van der Waals surface area contributed by atoms with Crippen LogP contribution in [0.15, 0.2) is 39.6 Å². The predicted molar refractivity (Wildman–Crippen MR) is 111 cm³/mol. The van der Waals surface area contributed by atoms with E-state index >= 15 is 0 Å². The first-order chi connectivity index (χ1) is 12.9. The van der Waals surface area contributed by atoms with Gasteiger partial charge in [-0.1, -0.05) is 49.2 Å². The number of rotatable bonds is 7. The third-order valence-corrected chi connectivity index (χ3v) is 8.08. The Morgan fingerprint density at radius 3 is 2.52 bits per heavy atom. The maximum atomic E-state index is 13.0. The van der Waals surface area contributed by atoms with Crippen LogP contribution in [0, 0.1) is 5.92 Å². The fourth-order valence-electron chi connectivity index (χ4n) is 3.53. The summed E-state index contributed by atoms with van der Waals surface area (Å²) in [5, 5.41) is 3.56. The van der Waals surface area contributed by atoms with E-state index in [9.17, 15) is 13.2 Å². The Balaban J connectivity index is 1.82. The maximum absolute atomic E-state index is 13.0. The Bertz CT molecular complexity index is 885. The van der Waals surface area contributed by atoms with Gasteiger partial charge < -0.3 is 5.32 Å². The molecule has 1 aromatic heterocycles. The molecular formula is C19H24N2O3S3. The third kappa shape index (κ3) is 5.33. The van der Waals surface area contributed by atoms with Crippen molar-refractivity contribution in [3.05, 3.63) is 36.0 Å². The number of hydrogen-bond acceptors (Lipinski definition) is 6. The number of nitrogens with one attached hydrogen (secondary N) is 1. The second kappa shape index (κ2) is 8.75. The van der Waals surface area contributed by atoms with Crippen molar-refractivity contribution in [3.8, 4) is 0 Å². The van der Waals surface area contributed by atoms with Gasteiger partial charge in [0.15, 0.2) is 15.0 Å². The van der Waals surface area contributed by atoms with E-state index in [1.807, 2.05) is 6.26 Å². The van der Waals surface area contributed by atoms with Gasteiger partial charge in [0.2, 0.25) is 5.91 Å². The first-order valence-electron chi connectivity index (χ1n) is 8.97. The normalized spacial score (nSPS) is 16.4. The summed E-state index contributed by atoms with van der Waals surface area (Å²) in [6.07, 6.45) is 10.5. The van der Waals surface area contributed by atoms with Crippen LogP contribution in [0.3, 0.4) is 0 Å². The van der Waals surface area contributed by atoms with Crippen LogP contribution in [-0.4, -0.2) is 31.8 Å². The molecule has 0 spiro atoms. The molecular weight excluding hydrogens is 400 g/mol. The van der Waals surface area contributed by atoms with Crippen LogP contribution in [0.4, 0.5) is 5.13 Å². The minimum Gasteiger partial charge on any atom is -0.301 e. The second-order valence-electron chi connectivity index (χ2n) is 6.96. The van der Waals surface area contributed by atoms with Gasteiger partial charge in [-0.25, -0.2) is 13.4 Å². The van der Waals surface area contributed by atoms with Crippen LogP contribution >= 0.6 is 23.1 Å². The highest BCUT2D eigenvalue weighted by molar-refractivity contribution is 8.00. The first kappa shape index (κ1) is 20.4. The van der Waals surface area contributed by atoms with Crippen LogP contribution in [0.25, 0.3) is 0 Å². The number of hydrogen-bond donors (Lipinski definition) is 1. The van der Waals surface area contributed by atoms with Crippen molar-refractivity contribution in [2.24, 2.45) is 5.92 Å². The van der Waals surface area contributed by atoms with Gasteiger partial charge in [0, 0.05) is 6.26 Å². The lowest BCUT2D eigenvalue weighted by molar-refractivity contribution is -0.118. The number of benzene rings is 1. The summed E-state index contributed by atoms with van der Waals surface area (Å²) in [4.78, 5) is 17.6. The molecule has 2 aromatic rings. The van der Waals surface area contributed by atoms with Gasteiger partial charge in [-0.2, -0.15) is 0 Å². The maximum Gasteiger partial charge on any atom is 0.233 e. The average molecular weight is 425 g/mol. The van der Waals surface area contributed by atoms with Crippen molar-refractivity contribution in [2.75, 3.05) is 17.8 Å². The Hall–Kier alpha value is -1.38. The van der Waals surface area contributed by atoms with E-state index in [0.717, 1.165) is 29.0 Å². The Morgan fingerprint density at radius 2 is 1.96 bits per heavy atom. The summed E-state index contributed by atoms with van der Waals surface area (Å²) in [7, 11) is -3.25. The molecule has 1 fully saturated rings. The average Bonchev–Trinajstić information content (AvgIpc) is 3.30. The lowest BCUT2D eigenvalue weighted by Crippen LogP contribution is -2.23. The van der Waals surface area contributed by atoms with Crippen molar-refractivity contribution in [2.45, 2.75) is 47.1 Å². The molecule has 0 saturated heterocycles. The standard InChI is InChI=1S/C19H24N2O3S3/c1-25-17-12-20-19(26-17)21-18(22)16(11-13-5-3-4-6-13)14-7-9-15(10-8-14)27(2,23)24/h7-10,12-13,16H,3-6,11H2,1-2H3,(H,20,21,22). The van der Waals surface area contributed by atoms with Gasteiger partial charge in [-0.3, -0.25) is 4.79 Å². The number of anilines is 1. The van der Waals surface area contributed by atoms with E-state index in [1.165, 1.54) is 30.4 Å². The molecule has 1 aliphatic rings. The number of aromatic nitrogens is 1.